The summed E-state index contributed by atoms with van der Waals surface area (Å²) < 4.78 is 11.3. The highest BCUT2D eigenvalue weighted by atomic mass is 32.2. The topological polar surface area (TPSA) is 18.5 Å². The molecule has 0 aromatic rings. The Morgan fingerprint density at radius 1 is 0.895 bits per heavy atom. The molecular formula is C16H26O2S. The maximum Gasteiger partial charge on any atom is 0.0783 e. The number of hydrogen-bond acceptors (Lipinski definition) is 3. The van der Waals surface area contributed by atoms with Gasteiger partial charge in [0.05, 0.1) is 12.2 Å². The van der Waals surface area contributed by atoms with Crippen molar-refractivity contribution < 1.29 is 9.47 Å². The van der Waals surface area contributed by atoms with Crippen molar-refractivity contribution in [2.75, 3.05) is 24.7 Å². The van der Waals surface area contributed by atoms with Gasteiger partial charge in [-0.05, 0) is 61.2 Å². The number of thioether (sulfide) groups is 1. The molecule has 2 aliphatic heterocycles. The summed E-state index contributed by atoms with van der Waals surface area (Å²) in [6.07, 6.45) is 7.56. The second kappa shape index (κ2) is 8.13. The Morgan fingerprint density at radius 2 is 1.37 bits per heavy atom. The molecule has 3 heteroatoms. The van der Waals surface area contributed by atoms with Gasteiger partial charge in [0.1, 0.15) is 0 Å². The van der Waals surface area contributed by atoms with E-state index in [1.165, 1.54) is 36.8 Å². The molecule has 108 valence electrons. The van der Waals surface area contributed by atoms with Crippen LogP contribution in [0.15, 0.2) is 24.3 Å². The molecule has 0 spiro atoms. The third-order valence-electron chi connectivity index (χ3n) is 3.91. The van der Waals surface area contributed by atoms with E-state index >= 15 is 0 Å². The van der Waals surface area contributed by atoms with Crippen molar-refractivity contribution in [3.8, 4) is 0 Å². The lowest BCUT2D eigenvalue weighted by Crippen LogP contribution is -2.09. The lowest BCUT2D eigenvalue weighted by atomic mass is 10.1. The first kappa shape index (κ1) is 15.1. The predicted molar refractivity (Wildman–Crippen MR) is 82.8 cm³/mol. The molecule has 2 fully saturated rings. The van der Waals surface area contributed by atoms with Crippen molar-refractivity contribution in [1.82, 2.24) is 0 Å². The van der Waals surface area contributed by atoms with Gasteiger partial charge < -0.3 is 9.47 Å². The van der Waals surface area contributed by atoms with Crippen LogP contribution in [0, 0.1) is 0 Å². The highest BCUT2D eigenvalue weighted by Gasteiger charge is 2.19. The first-order chi connectivity index (χ1) is 9.27. The standard InChI is InChI=1S/C16H26O2S/c1-13(15-5-3-9-17-15)7-11-19-12-8-14(2)16-6-4-10-18-16/h15-16H,1-12H2. The van der Waals surface area contributed by atoms with Crippen LogP contribution in [0.1, 0.15) is 38.5 Å². The molecule has 19 heavy (non-hydrogen) atoms. The van der Waals surface area contributed by atoms with Gasteiger partial charge in [-0.25, -0.2) is 0 Å². The van der Waals surface area contributed by atoms with E-state index < -0.39 is 0 Å². The zero-order chi connectivity index (χ0) is 13.5. The SMILES string of the molecule is C=C(CCSCCC(=C)C1CCCO1)C1CCCO1. The van der Waals surface area contributed by atoms with Crippen molar-refractivity contribution in [3.05, 3.63) is 24.3 Å². The zero-order valence-electron chi connectivity index (χ0n) is 11.9. The third-order valence-corrected chi connectivity index (χ3v) is 4.89. The van der Waals surface area contributed by atoms with Gasteiger partial charge in [-0.2, -0.15) is 11.8 Å². The fourth-order valence-electron chi connectivity index (χ4n) is 2.63. The first-order valence-corrected chi connectivity index (χ1v) is 8.59. The second-order valence-electron chi connectivity index (χ2n) is 5.43. The molecule has 0 amide bonds. The monoisotopic (exact) mass is 282 g/mol. The Balaban J connectivity index is 1.49. The minimum atomic E-state index is 0.336. The maximum atomic E-state index is 5.64. The third kappa shape index (κ3) is 4.97. The van der Waals surface area contributed by atoms with Gasteiger partial charge in [0.15, 0.2) is 0 Å². The summed E-state index contributed by atoms with van der Waals surface area (Å²) in [4.78, 5) is 0. The molecule has 2 saturated heterocycles. The summed E-state index contributed by atoms with van der Waals surface area (Å²) in [6, 6.07) is 0. The van der Waals surface area contributed by atoms with E-state index in [0.717, 1.165) is 37.6 Å². The van der Waals surface area contributed by atoms with Gasteiger partial charge in [-0.3, -0.25) is 0 Å². The highest BCUT2D eigenvalue weighted by molar-refractivity contribution is 7.99. The molecule has 0 aromatic heterocycles. The van der Waals surface area contributed by atoms with Crippen LogP contribution in [0.5, 0.6) is 0 Å². The van der Waals surface area contributed by atoms with Gasteiger partial charge in [-0.1, -0.05) is 13.2 Å². The smallest absolute Gasteiger partial charge is 0.0783 e. The van der Waals surface area contributed by atoms with Crippen LogP contribution in [0.2, 0.25) is 0 Å². The molecule has 2 nitrogen and oxygen atoms in total. The van der Waals surface area contributed by atoms with E-state index in [1.54, 1.807) is 0 Å². The van der Waals surface area contributed by atoms with E-state index in [9.17, 15) is 0 Å². The lowest BCUT2D eigenvalue weighted by molar-refractivity contribution is 0.135. The molecule has 0 saturated carbocycles. The summed E-state index contributed by atoms with van der Waals surface area (Å²) in [5.74, 6) is 2.30. The van der Waals surface area contributed by atoms with Gasteiger partial charge in [0.2, 0.25) is 0 Å². The van der Waals surface area contributed by atoms with Crippen molar-refractivity contribution in [1.29, 1.82) is 0 Å². The van der Waals surface area contributed by atoms with E-state index in [-0.39, 0.29) is 0 Å². The van der Waals surface area contributed by atoms with Crippen LogP contribution >= 0.6 is 11.8 Å². The van der Waals surface area contributed by atoms with Crippen molar-refractivity contribution in [2.24, 2.45) is 0 Å². The average Bonchev–Trinajstić information content (AvgIpc) is 3.10. The number of hydrogen-bond donors (Lipinski definition) is 0. The van der Waals surface area contributed by atoms with Gasteiger partial charge in [-0.15, -0.1) is 0 Å². The Bertz CT molecular complexity index is 272. The Kier molecular flexibility index (Phi) is 6.48. The molecule has 0 bridgehead atoms. The maximum absolute atomic E-state index is 5.64. The van der Waals surface area contributed by atoms with E-state index in [1.807, 2.05) is 11.8 Å². The van der Waals surface area contributed by atoms with Crippen LogP contribution in [0.25, 0.3) is 0 Å². The summed E-state index contributed by atoms with van der Waals surface area (Å²) in [7, 11) is 0. The number of ether oxygens (including phenoxy) is 2. The summed E-state index contributed by atoms with van der Waals surface area (Å²) in [5.41, 5.74) is 2.56. The largest absolute Gasteiger partial charge is 0.374 e. The molecule has 0 N–H and O–H groups in total. The summed E-state index contributed by atoms with van der Waals surface area (Å²) >= 11 is 1.99. The molecule has 2 heterocycles. The fourth-order valence-corrected chi connectivity index (χ4v) is 3.65. The summed E-state index contributed by atoms with van der Waals surface area (Å²) in [5, 5.41) is 0. The molecule has 2 atom stereocenters. The Morgan fingerprint density at radius 3 is 1.74 bits per heavy atom. The van der Waals surface area contributed by atoms with Crippen molar-refractivity contribution in [2.45, 2.75) is 50.7 Å². The molecule has 0 radical (unpaired) electrons. The van der Waals surface area contributed by atoms with Crippen LogP contribution in [0.3, 0.4) is 0 Å². The highest BCUT2D eigenvalue weighted by Crippen LogP contribution is 2.24. The van der Waals surface area contributed by atoms with Gasteiger partial charge in [0, 0.05) is 13.2 Å². The molecule has 0 aliphatic carbocycles. The fraction of sp³-hybridized carbons (Fsp3) is 0.750. The molecular weight excluding hydrogens is 256 g/mol. The Hall–Kier alpha value is -0.250. The minimum absolute atomic E-state index is 0.336. The van der Waals surface area contributed by atoms with Crippen LogP contribution in [-0.2, 0) is 9.47 Å². The molecule has 0 aromatic carbocycles. The quantitative estimate of drug-likeness (QED) is 0.496. The first-order valence-electron chi connectivity index (χ1n) is 7.43. The van der Waals surface area contributed by atoms with Crippen LogP contribution < -0.4 is 0 Å². The zero-order valence-corrected chi connectivity index (χ0v) is 12.7. The van der Waals surface area contributed by atoms with Crippen molar-refractivity contribution >= 4 is 11.8 Å². The van der Waals surface area contributed by atoms with E-state index in [4.69, 9.17) is 9.47 Å². The van der Waals surface area contributed by atoms with Crippen molar-refractivity contribution in [3.63, 3.8) is 0 Å². The average molecular weight is 282 g/mol. The second-order valence-corrected chi connectivity index (χ2v) is 6.66. The molecule has 2 aliphatic rings. The normalized spacial score (nSPS) is 26.7. The molecule has 2 unspecified atom stereocenters. The summed E-state index contributed by atoms with van der Waals surface area (Å²) in [6.45, 7) is 10.1. The van der Waals surface area contributed by atoms with E-state index in [2.05, 4.69) is 13.2 Å². The lowest BCUT2D eigenvalue weighted by Gasteiger charge is -2.14. The van der Waals surface area contributed by atoms with Gasteiger partial charge in [0.25, 0.3) is 0 Å². The number of rotatable bonds is 8. The minimum Gasteiger partial charge on any atom is -0.374 e. The van der Waals surface area contributed by atoms with E-state index in [0.29, 0.717) is 12.2 Å². The molecule has 2 rings (SSSR count). The predicted octanol–water partition coefficient (Wildman–Crippen LogP) is 3.97. The van der Waals surface area contributed by atoms with Crippen LogP contribution in [-0.4, -0.2) is 36.9 Å². The van der Waals surface area contributed by atoms with Gasteiger partial charge >= 0.3 is 0 Å². The van der Waals surface area contributed by atoms with Crippen LogP contribution in [0.4, 0.5) is 0 Å². The Labute approximate surface area is 121 Å².